The fourth-order valence-electron chi connectivity index (χ4n) is 6.86. The van der Waals surface area contributed by atoms with E-state index < -0.39 is 0 Å². The Morgan fingerprint density at radius 3 is 2.53 bits per heavy atom. The normalized spacial score (nSPS) is 24.1. The molecule has 5 rings (SSSR count). The molecule has 4 aliphatic rings. The number of nitrogens with zero attached hydrogens (tertiary/aromatic N) is 2. The van der Waals surface area contributed by atoms with Crippen LogP contribution in [0.25, 0.3) is 0 Å². The second kappa shape index (κ2) is 12.0. The molecule has 0 aromatic heterocycles. The summed E-state index contributed by atoms with van der Waals surface area (Å²) in [5, 5.41) is 11.9. The van der Waals surface area contributed by atoms with Crippen LogP contribution in [-0.2, 0) is 27.2 Å². The summed E-state index contributed by atoms with van der Waals surface area (Å²) in [4.78, 5) is 30.1. The topological polar surface area (TPSA) is 85.7 Å². The molecule has 0 radical (unpaired) electrons. The zero-order valence-electron chi connectivity index (χ0n) is 23.2. The molecule has 7 heteroatoms. The van der Waals surface area contributed by atoms with E-state index in [4.69, 9.17) is 10.1 Å². The van der Waals surface area contributed by atoms with Gasteiger partial charge in [-0.1, -0.05) is 12.1 Å². The molecule has 0 saturated carbocycles. The molecule has 1 aromatic carbocycles. The molecular formula is C31H44N4O3. The van der Waals surface area contributed by atoms with Gasteiger partial charge >= 0.3 is 0 Å². The van der Waals surface area contributed by atoms with Crippen LogP contribution in [0.3, 0.4) is 0 Å². The van der Waals surface area contributed by atoms with Gasteiger partial charge in [0.15, 0.2) is 5.78 Å². The summed E-state index contributed by atoms with van der Waals surface area (Å²) in [6.45, 7) is 7.43. The highest BCUT2D eigenvalue weighted by molar-refractivity contribution is 6.44. The number of aryl methyl sites for hydroxylation is 1. The number of nitrogens with one attached hydrogen (secondary N) is 2. The lowest BCUT2D eigenvalue weighted by Gasteiger charge is -2.35. The maximum atomic E-state index is 13.0. The van der Waals surface area contributed by atoms with Crippen molar-refractivity contribution in [1.82, 2.24) is 10.2 Å². The first-order valence-corrected chi connectivity index (χ1v) is 14.8. The van der Waals surface area contributed by atoms with E-state index in [1.165, 1.54) is 30.5 Å². The quantitative estimate of drug-likeness (QED) is 0.471. The Morgan fingerprint density at radius 2 is 1.76 bits per heavy atom. The number of carbonyl (C=O) groups is 2. The van der Waals surface area contributed by atoms with Crippen molar-refractivity contribution in [3.05, 3.63) is 40.6 Å². The van der Waals surface area contributed by atoms with Crippen LogP contribution in [0, 0.1) is 11.3 Å². The van der Waals surface area contributed by atoms with Crippen LogP contribution in [0.4, 0.5) is 5.69 Å². The van der Waals surface area contributed by atoms with Crippen molar-refractivity contribution >= 4 is 23.1 Å². The molecule has 38 heavy (non-hydrogen) atoms. The van der Waals surface area contributed by atoms with Crippen LogP contribution in [0.5, 0.6) is 0 Å². The fraction of sp³-hybridized carbons (Fsp3) is 0.645. The van der Waals surface area contributed by atoms with Crippen molar-refractivity contribution in [2.45, 2.75) is 90.3 Å². The molecular weight excluding hydrogens is 476 g/mol. The van der Waals surface area contributed by atoms with Crippen molar-refractivity contribution in [1.29, 1.82) is 5.41 Å². The Kier molecular flexibility index (Phi) is 8.51. The van der Waals surface area contributed by atoms with Crippen LogP contribution in [-0.4, -0.2) is 67.2 Å². The first kappa shape index (κ1) is 26.9. The number of hydrogen-bond donors (Lipinski definition) is 2. The van der Waals surface area contributed by atoms with Crippen LogP contribution in [0.1, 0.15) is 76.3 Å². The minimum Gasteiger partial charge on any atom is -0.381 e. The van der Waals surface area contributed by atoms with Gasteiger partial charge in [0, 0.05) is 49.6 Å². The smallest absolute Gasteiger partial charge is 0.272 e. The van der Waals surface area contributed by atoms with Crippen molar-refractivity contribution in [2.24, 2.45) is 5.92 Å². The maximum Gasteiger partial charge on any atom is 0.272 e. The minimum absolute atomic E-state index is 0.0189. The van der Waals surface area contributed by atoms with E-state index >= 15 is 0 Å². The summed E-state index contributed by atoms with van der Waals surface area (Å²) < 4.78 is 5.74. The van der Waals surface area contributed by atoms with E-state index in [2.05, 4.69) is 28.4 Å². The molecule has 7 nitrogen and oxygen atoms in total. The third-order valence-electron chi connectivity index (χ3n) is 8.85. The second-order valence-electron chi connectivity index (χ2n) is 11.8. The first-order chi connectivity index (χ1) is 18.4. The van der Waals surface area contributed by atoms with Gasteiger partial charge in [0.1, 0.15) is 5.71 Å². The summed E-state index contributed by atoms with van der Waals surface area (Å²) in [6.07, 6.45) is 9.97. The molecule has 206 valence electrons. The summed E-state index contributed by atoms with van der Waals surface area (Å²) >= 11 is 0. The number of rotatable bonds is 9. The number of fused-ring (bicyclic) bond motifs is 1. The zero-order valence-corrected chi connectivity index (χ0v) is 23.2. The van der Waals surface area contributed by atoms with E-state index in [-0.39, 0.29) is 29.6 Å². The molecule has 1 amide bonds. The molecule has 2 aliphatic carbocycles. The Labute approximate surface area is 227 Å². The lowest BCUT2D eigenvalue weighted by atomic mass is 9.90. The monoisotopic (exact) mass is 520 g/mol. The van der Waals surface area contributed by atoms with Crippen molar-refractivity contribution < 1.29 is 14.3 Å². The predicted molar refractivity (Wildman–Crippen MR) is 151 cm³/mol. The van der Waals surface area contributed by atoms with Gasteiger partial charge in [-0.2, -0.15) is 0 Å². The molecule has 2 fully saturated rings. The standard InChI is InChI=1S/C31H44N4O3/c1-21-19-35(20-22(2)38-21)31(37)30(32)27-9-5-10-28(27)33-18-25(36)13-12-23-14-16-34(17-15-23)29-11-4-7-24-6-3-8-26(24)29/h4,7,11,21-23,32-33H,3,5-6,8-10,12-20H2,1-2H3/t21-,22+. The van der Waals surface area contributed by atoms with Gasteiger partial charge < -0.3 is 19.9 Å². The number of piperidine rings is 1. The number of hydrogen-bond acceptors (Lipinski definition) is 6. The Bertz CT molecular complexity index is 1080. The zero-order chi connectivity index (χ0) is 26.6. The summed E-state index contributed by atoms with van der Waals surface area (Å²) in [5.74, 6) is 0.611. The average Bonchev–Trinajstić information content (AvgIpc) is 3.59. The Balaban J connectivity index is 1.06. The van der Waals surface area contributed by atoms with Gasteiger partial charge in [0.25, 0.3) is 5.91 Å². The fourth-order valence-corrected chi connectivity index (χ4v) is 6.86. The van der Waals surface area contributed by atoms with Crippen LogP contribution in [0.2, 0.25) is 0 Å². The molecule has 2 saturated heterocycles. The van der Waals surface area contributed by atoms with E-state index in [1.54, 1.807) is 10.5 Å². The maximum absolute atomic E-state index is 13.0. The highest BCUT2D eigenvalue weighted by atomic mass is 16.5. The van der Waals surface area contributed by atoms with Gasteiger partial charge in [-0.05, 0) is 94.7 Å². The number of benzene rings is 1. The molecule has 2 aliphatic heterocycles. The number of Topliss-reactive ketones (excluding diaryl/α,β-unsaturated/α-hetero) is 1. The lowest BCUT2D eigenvalue weighted by Crippen LogP contribution is -2.50. The van der Waals surface area contributed by atoms with Crippen molar-refractivity contribution in [3.63, 3.8) is 0 Å². The van der Waals surface area contributed by atoms with Gasteiger partial charge in [-0.15, -0.1) is 0 Å². The number of morpholine rings is 1. The highest BCUT2D eigenvalue weighted by Gasteiger charge is 2.31. The highest BCUT2D eigenvalue weighted by Crippen LogP contribution is 2.34. The number of anilines is 1. The summed E-state index contributed by atoms with van der Waals surface area (Å²) in [5.41, 5.74) is 6.32. The van der Waals surface area contributed by atoms with Gasteiger partial charge in [-0.3, -0.25) is 15.0 Å². The van der Waals surface area contributed by atoms with E-state index in [9.17, 15) is 9.59 Å². The largest absolute Gasteiger partial charge is 0.381 e. The van der Waals surface area contributed by atoms with E-state index in [0.29, 0.717) is 32.0 Å². The van der Waals surface area contributed by atoms with E-state index in [0.717, 1.165) is 62.9 Å². The molecule has 0 unspecified atom stereocenters. The first-order valence-electron chi connectivity index (χ1n) is 14.8. The SMILES string of the molecule is C[C@@H]1CN(C(=O)C(=N)C2=C(NCC(=O)CCC3CCN(c4cccc5c4CCC5)CC3)CCC2)C[C@H](C)O1. The number of ether oxygens (including phenoxy) is 1. The third kappa shape index (κ3) is 6.14. The molecule has 0 spiro atoms. The molecule has 0 bridgehead atoms. The summed E-state index contributed by atoms with van der Waals surface area (Å²) in [7, 11) is 0. The minimum atomic E-state index is -0.221. The molecule has 2 heterocycles. The predicted octanol–water partition coefficient (Wildman–Crippen LogP) is 4.42. The van der Waals surface area contributed by atoms with Crippen LogP contribution in [0.15, 0.2) is 29.5 Å². The number of ketones is 1. The van der Waals surface area contributed by atoms with Crippen molar-refractivity contribution in [2.75, 3.05) is 37.6 Å². The molecule has 2 atom stereocenters. The number of allylic oxidation sites excluding steroid dienone is 1. The van der Waals surface area contributed by atoms with Crippen LogP contribution < -0.4 is 10.2 Å². The van der Waals surface area contributed by atoms with Crippen LogP contribution >= 0.6 is 0 Å². The number of amides is 1. The molecule has 2 N–H and O–H groups in total. The molecule has 1 aromatic rings. The second-order valence-corrected chi connectivity index (χ2v) is 11.8. The van der Waals surface area contributed by atoms with Crippen molar-refractivity contribution in [3.8, 4) is 0 Å². The number of carbonyl (C=O) groups excluding carboxylic acids is 2. The lowest BCUT2D eigenvalue weighted by molar-refractivity contribution is -0.136. The Morgan fingerprint density at radius 1 is 1.03 bits per heavy atom. The average molecular weight is 521 g/mol. The van der Waals surface area contributed by atoms with Gasteiger partial charge in [-0.25, -0.2) is 0 Å². The van der Waals surface area contributed by atoms with E-state index in [1.807, 2.05) is 13.8 Å². The summed E-state index contributed by atoms with van der Waals surface area (Å²) in [6, 6.07) is 6.79. The Hall–Kier alpha value is -2.67. The third-order valence-corrected chi connectivity index (χ3v) is 8.85. The van der Waals surface area contributed by atoms with Gasteiger partial charge in [0.2, 0.25) is 0 Å². The van der Waals surface area contributed by atoms with Gasteiger partial charge in [0.05, 0.1) is 18.8 Å².